The van der Waals surface area contributed by atoms with Crippen LogP contribution in [0, 0.1) is 11.6 Å². The number of nitrogens with one attached hydrogen (secondary N) is 2. The predicted molar refractivity (Wildman–Crippen MR) is 193 cm³/mol. The number of methoxy groups -OCH3 is 1. The number of aromatic amines is 2. The van der Waals surface area contributed by atoms with Crippen molar-refractivity contribution >= 4 is 50.2 Å². The number of thiazole rings is 1. The van der Waals surface area contributed by atoms with Gasteiger partial charge in [0.15, 0.2) is 11.6 Å². The van der Waals surface area contributed by atoms with Crippen LogP contribution in [0.15, 0.2) is 95.7 Å². The topological polar surface area (TPSA) is 92.9 Å². The number of rotatable bonds is 13. The van der Waals surface area contributed by atoms with Gasteiger partial charge in [0.2, 0.25) is 0 Å². The number of hydrogen-bond acceptors (Lipinski definition) is 6. The molecule has 250 valence electrons. The second kappa shape index (κ2) is 14.7. The normalized spacial score (nSPS) is 12.8. The van der Waals surface area contributed by atoms with Gasteiger partial charge in [0, 0.05) is 63.9 Å². The Labute approximate surface area is 294 Å². The fraction of sp³-hybridized carbons (Fsp3) is 0.184. The molecule has 0 saturated carbocycles. The Bertz CT molecular complexity index is 2170. The third-order valence-electron chi connectivity index (χ3n) is 8.52. The lowest BCUT2D eigenvalue weighted by atomic mass is 9.75. The lowest BCUT2D eigenvalue weighted by molar-refractivity contribution is -0.134. The Hall–Kier alpha value is -4.87. The van der Waals surface area contributed by atoms with E-state index in [0.29, 0.717) is 27.9 Å². The number of carbonyl (C=O) groups excluding carboxylic acids is 1. The zero-order valence-corrected chi connectivity index (χ0v) is 29.3. The molecule has 3 heterocycles. The third kappa shape index (κ3) is 7.42. The molecule has 11 heteroatoms. The third-order valence-corrected chi connectivity index (χ3v) is 10.1. The van der Waals surface area contributed by atoms with Gasteiger partial charge in [0.25, 0.3) is 0 Å². The molecule has 3 aromatic heterocycles. The van der Waals surface area contributed by atoms with Crippen LogP contribution in [0.25, 0.3) is 28.4 Å². The standard InChI is InChI=1S/C38H33BrF2N4O3S/c1-4-5-6-15-38(2,24-9-7-8-23(17-24)10-13-35(46)47-3)32-21-43-37(44-32)28-18-25(11-12-29(28)40)48-36-27(19-34-45-33(39)22-49-34)26-14-16-42-31(26)20-30(36)41/h4,7-14,16-18,20-22,42H,1,5-6,15,19H2,2-3H3,(H,43,44)/b13-10+. The van der Waals surface area contributed by atoms with Crippen LogP contribution in [-0.2, 0) is 21.4 Å². The van der Waals surface area contributed by atoms with Crippen molar-refractivity contribution in [1.29, 1.82) is 0 Å². The van der Waals surface area contributed by atoms with Crippen LogP contribution < -0.4 is 4.74 Å². The number of esters is 1. The first kappa shape index (κ1) is 34.0. The molecule has 0 radical (unpaired) electrons. The number of benzene rings is 3. The van der Waals surface area contributed by atoms with Gasteiger partial charge in [-0.05, 0) is 83.6 Å². The van der Waals surface area contributed by atoms with E-state index in [0.717, 1.165) is 46.5 Å². The highest BCUT2D eigenvalue weighted by Gasteiger charge is 2.31. The SMILES string of the molecule is C=CCCCC(C)(c1cccc(/C=C/C(=O)OC)c1)c1cnc(-c2cc(Oc3c(F)cc4[nH]ccc4c3Cc3nc(Br)cs3)ccc2F)[nH]1. The largest absolute Gasteiger partial charge is 0.466 e. The minimum absolute atomic E-state index is 0.0482. The van der Waals surface area contributed by atoms with Crippen molar-refractivity contribution in [3.63, 3.8) is 0 Å². The molecule has 0 saturated heterocycles. The van der Waals surface area contributed by atoms with E-state index in [1.54, 1.807) is 18.5 Å². The van der Waals surface area contributed by atoms with E-state index in [1.165, 1.54) is 48.8 Å². The number of hydrogen-bond donors (Lipinski definition) is 2. The van der Waals surface area contributed by atoms with Crippen molar-refractivity contribution in [2.24, 2.45) is 0 Å². The van der Waals surface area contributed by atoms with E-state index in [-0.39, 0.29) is 17.1 Å². The van der Waals surface area contributed by atoms with Crippen molar-refractivity contribution in [2.75, 3.05) is 7.11 Å². The quantitative estimate of drug-likeness (QED) is 0.0532. The fourth-order valence-electron chi connectivity index (χ4n) is 5.89. The molecule has 6 rings (SSSR count). The monoisotopic (exact) mass is 742 g/mol. The van der Waals surface area contributed by atoms with Crippen molar-refractivity contribution < 1.29 is 23.0 Å². The van der Waals surface area contributed by atoms with E-state index < -0.39 is 23.0 Å². The van der Waals surface area contributed by atoms with Crippen molar-refractivity contribution in [3.05, 3.63) is 135 Å². The van der Waals surface area contributed by atoms with Gasteiger partial charge >= 0.3 is 5.97 Å². The molecule has 1 unspecified atom stereocenters. The highest BCUT2D eigenvalue weighted by Crippen LogP contribution is 2.40. The average Bonchev–Trinajstić information content (AvgIpc) is 3.88. The zero-order chi connectivity index (χ0) is 34.5. The lowest BCUT2D eigenvalue weighted by Crippen LogP contribution is -2.24. The van der Waals surface area contributed by atoms with Crippen LogP contribution in [-0.4, -0.2) is 33.0 Å². The summed E-state index contributed by atoms with van der Waals surface area (Å²) in [4.78, 5) is 27.2. The molecule has 0 aliphatic carbocycles. The smallest absolute Gasteiger partial charge is 0.330 e. The van der Waals surface area contributed by atoms with Crippen LogP contribution in [0.4, 0.5) is 8.78 Å². The molecular weight excluding hydrogens is 710 g/mol. The van der Waals surface area contributed by atoms with E-state index in [4.69, 9.17) is 9.47 Å². The second-order valence-corrected chi connectivity index (χ2v) is 13.5. The van der Waals surface area contributed by atoms with Crippen LogP contribution in [0.1, 0.15) is 53.6 Å². The van der Waals surface area contributed by atoms with Crippen molar-refractivity contribution in [3.8, 4) is 22.9 Å². The first-order valence-corrected chi connectivity index (χ1v) is 17.2. The number of ether oxygens (including phenoxy) is 2. The molecule has 0 aliphatic heterocycles. The molecule has 3 aromatic carbocycles. The number of allylic oxidation sites excluding steroid dienone is 1. The summed E-state index contributed by atoms with van der Waals surface area (Å²) >= 11 is 4.85. The summed E-state index contributed by atoms with van der Waals surface area (Å²) in [5.74, 6) is -0.890. The van der Waals surface area contributed by atoms with Crippen molar-refractivity contribution in [2.45, 2.75) is 38.0 Å². The number of halogens is 3. The Morgan fingerprint density at radius 1 is 1.14 bits per heavy atom. The predicted octanol–water partition coefficient (Wildman–Crippen LogP) is 10.3. The molecule has 49 heavy (non-hydrogen) atoms. The number of unbranched alkanes of at least 4 members (excludes halogenated alkanes) is 1. The van der Waals surface area contributed by atoms with Gasteiger partial charge in [0.1, 0.15) is 22.0 Å². The van der Waals surface area contributed by atoms with Gasteiger partial charge in [-0.3, -0.25) is 0 Å². The van der Waals surface area contributed by atoms with Gasteiger partial charge in [-0.2, -0.15) is 0 Å². The molecular formula is C38H33BrF2N4O3S. The molecule has 7 nitrogen and oxygen atoms in total. The molecule has 0 bridgehead atoms. The van der Waals surface area contributed by atoms with Crippen LogP contribution >= 0.6 is 27.3 Å². The number of carbonyl (C=O) groups is 1. The van der Waals surface area contributed by atoms with E-state index in [9.17, 15) is 4.79 Å². The van der Waals surface area contributed by atoms with Gasteiger partial charge in [-0.1, -0.05) is 30.3 Å². The summed E-state index contributed by atoms with van der Waals surface area (Å²) in [7, 11) is 1.33. The summed E-state index contributed by atoms with van der Waals surface area (Å²) in [6, 6.07) is 15.4. The highest BCUT2D eigenvalue weighted by atomic mass is 79.9. The number of nitrogens with zero attached hydrogens (tertiary/aromatic N) is 2. The van der Waals surface area contributed by atoms with Gasteiger partial charge in [0.05, 0.1) is 17.7 Å². The lowest BCUT2D eigenvalue weighted by Gasteiger charge is -2.29. The van der Waals surface area contributed by atoms with E-state index in [2.05, 4.69) is 49.4 Å². The maximum atomic E-state index is 15.6. The molecule has 0 aliphatic rings. The Balaban J connectivity index is 1.35. The van der Waals surface area contributed by atoms with E-state index in [1.807, 2.05) is 41.8 Å². The zero-order valence-electron chi connectivity index (χ0n) is 26.9. The summed E-state index contributed by atoms with van der Waals surface area (Å²) in [5.41, 5.74) is 3.52. The molecule has 0 fully saturated rings. The van der Waals surface area contributed by atoms with Gasteiger partial charge < -0.3 is 19.4 Å². The van der Waals surface area contributed by atoms with Crippen LogP contribution in [0.5, 0.6) is 11.5 Å². The van der Waals surface area contributed by atoms with Gasteiger partial charge in [-0.15, -0.1) is 17.9 Å². The Morgan fingerprint density at radius 2 is 2.00 bits per heavy atom. The number of imidazole rings is 1. The van der Waals surface area contributed by atoms with Crippen LogP contribution in [0.3, 0.4) is 0 Å². The minimum atomic E-state index is -0.550. The van der Waals surface area contributed by atoms with Gasteiger partial charge in [-0.25, -0.2) is 23.5 Å². The summed E-state index contributed by atoms with van der Waals surface area (Å²) in [6.07, 6.45) is 11.2. The van der Waals surface area contributed by atoms with E-state index >= 15 is 8.78 Å². The number of aromatic nitrogens is 4. The molecule has 0 amide bonds. The van der Waals surface area contributed by atoms with Crippen LogP contribution in [0.2, 0.25) is 0 Å². The molecule has 2 N–H and O–H groups in total. The maximum Gasteiger partial charge on any atom is 0.330 e. The molecule has 6 aromatic rings. The summed E-state index contributed by atoms with van der Waals surface area (Å²) < 4.78 is 42.7. The highest BCUT2D eigenvalue weighted by molar-refractivity contribution is 9.10. The fourth-order valence-corrected chi connectivity index (χ4v) is 7.16. The number of fused-ring (bicyclic) bond motifs is 1. The first-order chi connectivity index (χ1) is 23.7. The molecule has 1 atom stereocenters. The average molecular weight is 744 g/mol. The summed E-state index contributed by atoms with van der Waals surface area (Å²) in [6.45, 7) is 5.97. The number of H-pyrrole nitrogens is 2. The first-order valence-electron chi connectivity index (χ1n) is 15.6. The summed E-state index contributed by atoms with van der Waals surface area (Å²) in [5, 5.41) is 3.46. The van der Waals surface area contributed by atoms with Crippen molar-refractivity contribution in [1.82, 2.24) is 19.9 Å². The minimum Gasteiger partial charge on any atom is -0.466 e. The second-order valence-electron chi connectivity index (χ2n) is 11.7. The Kier molecular flexibility index (Phi) is 10.2. The molecule has 0 spiro atoms. The maximum absolute atomic E-state index is 15.6. The Morgan fingerprint density at radius 3 is 2.78 bits per heavy atom.